The van der Waals surface area contributed by atoms with Crippen molar-refractivity contribution in [2.75, 3.05) is 25.1 Å². The van der Waals surface area contributed by atoms with Crippen molar-refractivity contribution in [3.8, 4) is 11.5 Å². The highest BCUT2D eigenvalue weighted by Crippen LogP contribution is 2.28. The van der Waals surface area contributed by atoms with Gasteiger partial charge in [-0.3, -0.25) is 9.59 Å². The molecular weight excluding hydrogens is 374 g/mol. The van der Waals surface area contributed by atoms with E-state index in [1.807, 2.05) is 0 Å². The van der Waals surface area contributed by atoms with Crippen LogP contribution in [0.25, 0.3) is 6.08 Å². The number of fused-ring (bicyclic) bond motifs is 1. The Bertz CT molecular complexity index is 962. The molecule has 0 aliphatic carbocycles. The Labute approximate surface area is 167 Å². The molecule has 0 fully saturated rings. The Morgan fingerprint density at radius 1 is 1.17 bits per heavy atom. The summed E-state index contributed by atoms with van der Waals surface area (Å²) in [4.78, 5) is 35.5. The third-order valence-electron chi connectivity index (χ3n) is 3.94. The molecule has 1 N–H and O–H groups in total. The largest absolute Gasteiger partial charge is 0.490 e. The van der Waals surface area contributed by atoms with E-state index in [0.717, 1.165) is 5.56 Å². The van der Waals surface area contributed by atoms with Gasteiger partial charge in [0.1, 0.15) is 18.1 Å². The second-order valence-electron chi connectivity index (χ2n) is 6.08. The van der Waals surface area contributed by atoms with Crippen molar-refractivity contribution < 1.29 is 28.6 Å². The number of hydrogen-bond donors (Lipinski definition) is 1. The molecule has 0 unspecified atom stereocenters. The van der Waals surface area contributed by atoms with Crippen LogP contribution >= 0.6 is 0 Å². The minimum absolute atomic E-state index is 0.0607. The first kappa shape index (κ1) is 19.9. The summed E-state index contributed by atoms with van der Waals surface area (Å²) in [5.74, 6) is -0.138. The molecule has 29 heavy (non-hydrogen) atoms. The van der Waals surface area contributed by atoms with Gasteiger partial charge in [-0.1, -0.05) is 24.8 Å². The molecule has 2 aromatic carbocycles. The predicted octanol–water partition coefficient (Wildman–Crippen LogP) is 3.02. The molecule has 0 saturated heterocycles. The lowest BCUT2D eigenvalue weighted by Crippen LogP contribution is -2.25. The molecule has 1 aliphatic heterocycles. The van der Waals surface area contributed by atoms with Crippen LogP contribution in [0.1, 0.15) is 15.9 Å². The maximum absolute atomic E-state index is 12.2. The second-order valence-corrected chi connectivity index (χ2v) is 6.08. The number of rotatable bonds is 8. The van der Waals surface area contributed by atoms with E-state index in [-0.39, 0.29) is 12.5 Å². The molecule has 0 bridgehead atoms. The van der Waals surface area contributed by atoms with Crippen LogP contribution in [0.5, 0.6) is 11.5 Å². The normalized spacial score (nSPS) is 12.5. The SMILES string of the molecule is C=CCOc1ccc(/C=C/C(=O)OCC(=O)c2ccc3c(c2)NC(=O)CO3)cc1. The number of esters is 1. The highest BCUT2D eigenvalue weighted by Gasteiger charge is 2.18. The number of nitrogens with one attached hydrogen (secondary N) is 1. The number of carbonyl (C=O) groups excluding carboxylic acids is 3. The second kappa shape index (κ2) is 9.36. The van der Waals surface area contributed by atoms with Gasteiger partial charge in [0.05, 0.1) is 5.69 Å². The zero-order chi connectivity index (χ0) is 20.6. The van der Waals surface area contributed by atoms with Crippen molar-refractivity contribution in [1.29, 1.82) is 0 Å². The average Bonchev–Trinajstić information content (AvgIpc) is 2.74. The number of benzene rings is 2. The molecule has 3 rings (SSSR count). The van der Waals surface area contributed by atoms with Gasteiger partial charge in [0, 0.05) is 11.6 Å². The van der Waals surface area contributed by atoms with Crippen LogP contribution in [0.3, 0.4) is 0 Å². The van der Waals surface area contributed by atoms with Gasteiger partial charge >= 0.3 is 5.97 Å². The first-order valence-corrected chi connectivity index (χ1v) is 8.83. The zero-order valence-electron chi connectivity index (χ0n) is 15.6. The van der Waals surface area contributed by atoms with Gasteiger partial charge < -0.3 is 19.5 Å². The summed E-state index contributed by atoms with van der Waals surface area (Å²) in [5, 5.41) is 2.62. The number of anilines is 1. The first-order valence-electron chi connectivity index (χ1n) is 8.83. The molecule has 1 amide bonds. The number of hydrogen-bond acceptors (Lipinski definition) is 6. The molecule has 2 aromatic rings. The fourth-order valence-corrected chi connectivity index (χ4v) is 2.52. The Kier molecular flexibility index (Phi) is 6.42. The van der Waals surface area contributed by atoms with Crippen molar-refractivity contribution in [2.45, 2.75) is 0 Å². The number of ether oxygens (including phenoxy) is 3. The quantitative estimate of drug-likeness (QED) is 0.321. The molecular formula is C22H19NO6. The molecule has 7 heteroatoms. The molecule has 0 aromatic heterocycles. The zero-order valence-corrected chi connectivity index (χ0v) is 15.6. The van der Waals surface area contributed by atoms with Crippen LogP contribution < -0.4 is 14.8 Å². The van der Waals surface area contributed by atoms with Crippen LogP contribution in [0.15, 0.2) is 61.2 Å². The highest BCUT2D eigenvalue weighted by molar-refractivity contribution is 6.02. The third-order valence-corrected chi connectivity index (χ3v) is 3.94. The standard InChI is InChI=1S/C22H19NO6/c1-2-11-27-17-7-3-15(4-8-17)5-10-22(26)29-13-19(24)16-6-9-20-18(12-16)23-21(25)14-28-20/h2-10,12H,1,11,13-14H2,(H,23,25)/b10-5+. The summed E-state index contributed by atoms with van der Waals surface area (Å²) in [6.07, 6.45) is 4.47. The van der Waals surface area contributed by atoms with Crippen LogP contribution in [0.4, 0.5) is 5.69 Å². The van der Waals surface area contributed by atoms with Crippen molar-refractivity contribution in [3.63, 3.8) is 0 Å². The fraction of sp³-hybridized carbons (Fsp3) is 0.136. The Morgan fingerprint density at radius 2 is 1.97 bits per heavy atom. The van der Waals surface area contributed by atoms with Crippen LogP contribution in [-0.4, -0.2) is 37.5 Å². The van der Waals surface area contributed by atoms with E-state index in [1.54, 1.807) is 48.6 Å². The molecule has 0 radical (unpaired) electrons. The van der Waals surface area contributed by atoms with Crippen LogP contribution in [0.2, 0.25) is 0 Å². The van der Waals surface area contributed by atoms with E-state index in [0.29, 0.717) is 29.4 Å². The maximum atomic E-state index is 12.2. The molecule has 0 atom stereocenters. The molecule has 7 nitrogen and oxygen atoms in total. The van der Waals surface area contributed by atoms with Gasteiger partial charge in [0.2, 0.25) is 0 Å². The lowest BCUT2D eigenvalue weighted by molar-refractivity contribution is -0.136. The highest BCUT2D eigenvalue weighted by atomic mass is 16.5. The van der Waals surface area contributed by atoms with Crippen molar-refractivity contribution >= 4 is 29.4 Å². The molecule has 1 heterocycles. The smallest absolute Gasteiger partial charge is 0.331 e. The maximum Gasteiger partial charge on any atom is 0.331 e. The summed E-state index contributed by atoms with van der Waals surface area (Å²) >= 11 is 0. The monoisotopic (exact) mass is 393 g/mol. The van der Waals surface area contributed by atoms with Gasteiger partial charge in [-0.05, 0) is 42.0 Å². The Hall–Kier alpha value is -3.87. The van der Waals surface area contributed by atoms with E-state index in [1.165, 1.54) is 12.1 Å². The number of ketones is 1. The minimum Gasteiger partial charge on any atom is -0.490 e. The summed E-state index contributed by atoms with van der Waals surface area (Å²) in [6, 6.07) is 11.8. The Morgan fingerprint density at radius 3 is 2.72 bits per heavy atom. The van der Waals surface area contributed by atoms with E-state index in [4.69, 9.17) is 14.2 Å². The number of amides is 1. The summed E-state index contributed by atoms with van der Waals surface area (Å²) in [5.41, 5.74) is 1.50. The third kappa shape index (κ3) is 5.55. The summed E-state index contributed by atoms with van der Waals surface area (Å²) < 4.78 is 15.6. The van der Waals surface area contributed by atoms with Crippen molar-refractivity contribution in [1.82, 2.24) is 0 Å². The predicted molar refractivity (Wildman–Crippen MR) is 107 cm³/mol. The van der Waals surface area contributed by atoms with Gasteiger partial charge in [0.15, 0.2) is 19.0 Å². The van der Waals surface area contributed by atoms with E-state index >= 15 is 0 Å². The fourth-order valence-electron chi connectivity index (χ4n) is 2.52. The van der Waals surface area contributed by atoms with Crippen molar-refractivity contribution in [2.24, 2.45) is 0 Å². The van der Waals surface area contributed by atoms with Gasteiger partial charge in [-0.2, -0.15) is 0 Å². The number of carbonyl (C=O) groups is 3. The van der Waals surface area contributed by atoms with E-state index < -0.39 is 18.4 Å². The van der Waals surface area contributed by atoms with Crippen molar-refractivity contribution in [3.05, 3.63) is 72.3 Å². The van der Waals surface area contributed by atoms with Gasteiger partial charge in [-0.25, -0.2) is 4.79 Å². The van der Waals surface area contributed by atoms with Gasteiger partial charge in [-0.15, -0.1) is 0 Å². The van der Waals surface area contributed by atoms with Crippen LogP contribution in [0, 0.1) is 0 Å². The first-order chi connectivity index (χ1) is 14.0. The van der Waals surface area contributed by atoms with Gasteiger partial charge in [0.25, 0.3) is 5.91 Å². The summed E-state index contributed by atoms with van der Waals surface area (Å²) in [7, 11) is 0. The van der Waals surface area contributed by atoms with E-state index in [2.05, 4.69) is 11.9 Å². The summed E-state index contributed by atoms with van der Waals surface area (Å²) in [6.45, 7) is 3.52. The van der Waals surface area contributed by atoms with E-state index in [9.17, 15) is 14.4 Å². The Balaban J connectivity index is 1.51. The van der Waals surface area contributed by atoms with Crippen LogP contribution in [-0.2, 0) is 14.3 Å². The lowest BCUT2D eigenvalue weighted by Gasteiger charge is -2.18. The molecule has 148 valence electrons. The number of Topliss-reactive ketones (excluding diaryl/α,β-unsaturated/α-hetero) is 1. The topological polar surface area (TPSA) is 90.9 Å². The minimum atomic E-state index is -0.639. The average molecular weight is 393 g/mol. The molecule has 0 spiro atoms. The molecule has 1 aliphatic rings. The molecule has 0 saturated carbocycles. The lowest BCUT2D eigenvalue weighted by atomic mass is 10.1.